The molecule has 1 amide bonds. The van der Waals surface area contributed by atoms with Crippen LogP contribution < -0.4 is 20.9 Å². The van der Waals surface area contributed by atoms with E-state index in [0.717, 1.165) is 35.5 Å². The Bertz CT molecular complexity index is 1690. The highest BCUT2D eigenvalue weighted by molar-refractivity contribution is 6.31. The van der Waals surface area contributed by atoms with Crippen LogP contribution in [-0.2, 0) is 23.2 Å². The quantitative estimate of drug-likeness (QED) is 0.414. The van der Waals surface area contributed by atoms with Crippen LogP contribution in [0.5, 0.6) is 5.75 Å². The van der Waals surface area contributed by atoms with Crippen LogP contribution in [0.2, 0.25) is 5.02 Å². The lowest BCUT2D eigenvalue weighted by Gasteiger charge is -2.38. The number of fused-ring (bicyclic) bond motifs is 4. The third-order valence-electron chi connectivity index (χ3n) is 8.35. The van der Waals surface area contributed by atoms with Gasteiger partial charge in [-0.3, -0.25) is 14.6 Å². The van der Waals surface area contributed by atoms with Crippen LogP contribution in [0.3, 0.4) is 0 Å². The van der Waals surface area contributed by atoms with Gasteiger partial charge in [-0.15, -0.1) is 0 Å². The fourth-order valence-corrected chi connectivity index (χ4v) is 6.64. The summed E-state index contributed by atoms with van der Waals surface area (Å²) < 4.78 is 54.1. The van der Waals surface area contributed by atoms with E-state index in [0.29, 0.717) is 42.6 Å². The fourth-order valence-electron chi connectivity index (χ4n) is 6.45. The molecule has 9 nitrogen and oxygen atoms in total. The summed E-state index contributed by atoms with van der Waals surface area (Å²) in [7, 11) is 0. The molecule has 228 valence electrons. The van der Waals surface area contributed by atoms with Crippen molar-refractivity contribution in [1.29, 1.82) is 0 Å². The van der Waals surface area contributed by atoms with Gasteiger partial charge >= 0.3 is 0 Å². The Morgan fingerprint density at radius 1 is 1.21 bits per heavy atom. The van der Waals surface area contributed by atoms with Crippen LogP contribution in [-0.4, -0.2) is 31.4 Å². The van der Waals surface area contributed by atoms with Gasteiger partial charge in [0.2, 0.25) is 5.91 Å². The van der Waals surface area contributed by atoms with Gasteiger partial charge in [0.1, 0.15) is 28.4 Å². The molecule has 0 saturated heterocycles. The van der Waals surface area contributed by atoms with Crippen LogP contribution >= 0.6 is 11.6 Å². The molecule has 2 N–H and O–H groups in total. The van der Waals surface area contributed by atoms with Crippen molar-refractivity contribution in [3.63, 3.8) is 0 Å². The Morgan fingerprint density at radius 3 is 2.74 bits per heavy atom. The Kier molecular flexibility index (Phi) is 7.52. The van der Waals surface area contributed by atoms with Crippen molar-refractivity contribution in [2.45, 2.75) is 89.3 Å². The van der Waals surface area contributed by atoms with Gasteiger partial charge in [-0.05, 0) is 75.8 Å². The number of carbonyl (C=O) groups is 1. The number of halogens is 4. The van der Waals surface area contributed by atoms with Crippen LogP contribution in [0.15, 0.2) is 41.1 Å². The zero-order valence-corrected chi connectivity index (χ0v) is 24.7. The molecule has 0 saturated carbocycles. The first-order valence-corrected chi connectivity index (χ1v) is 14.7. The highest BCUT2D eigenvalue weighted by Crippen LogP contribution is 2.41. The molecule has 0 aromatic carbocycles. The van der Waals surface area contributed by atoms with Crippen LogP contribution in [0, 0.1) is 11.6 Å². The Morgan fingerprint density at radius 2 is 1.98 bits per heavy atom. The number of amides is 1. The molecule has 6 rings (SSSR count). The fraction of sp³-hybridized carbons (Fsp3) is 0.467. The second-order valence-corrected chi connectivity index (χ2v) is 12.2. The van der Waals surface area contributed by atoms with Crippen LogP contribution in [0.25, 0.3) is 0 Å². The van der Waals surface area contributed by atoms with E-state index < -0.39 is 47.2 Å². The lowest BCUT2D eigenvalue weighted by molar-refractivity contribution is -0.120. The molecular formula is C30H32ClF3N6O3. The van der Waals surface area contributed by atoms with Crippen molar-refractivity contribution < 1.29 is 22.7 Å². The Hall–Kier alpha value is -3.80. The zero-order chi connectivity index (χ0) is 30.6. The molecule has 2 unspecified atom stereocenters. The summed E-state index contributed by atoms with van der Waals surface area (Å²) in [6.45, 7) is 4.53. The molecule has 0 spiro atoms. The minimum absolute atomic E-state index is 0.0442. The molecule has 2 aliphatic heterocycles. The third-order valence-corrected chi connectivity index (χ3v) is 8.70. The minimum Gasteiger partial charge on any atom is -0.482 e. The molecule has 3 aromatic heterocycles. The number of alkyl halides is 1. The average molecular weight is 617 g/mol. The molecule has 1 aliphatic carbocycles. The van der Waals surface area contributed by atoms with Crippen LogP contribution in [0.4, 0.5) is 13.2 Å². The van der Waals surface area contributed by atoms with Gasteiger partial charge in [0, 0.05) is 18.7 Å². The van der Waals surface area contributed by atoms with E-state index in [1.165, 1.54) is 17.6 Å². The van der Waals surface area contributed by atoms with Gasteiger partial charge < -0.3 is 19.9 Å². The van der Waals surface area contributed by atoms with E-state index >= 15 is 8.78 Å². The molecular weight excluding hydrogens is 585 g/mol. The van der Waals surface area contributed by atoms with Crippen molar-refractivity contribution in [2.24, 2.45) is 0 Å². The maximum absolute atomic E-state index is 16.6. The smallest absolute Gasteiger partial charge is 0.274 e. The second-order valence-electron chi connectivity index (χ2n) is 11.9. The van der Waals surface area contributed by atoms with Crippen molar-refractivity contribution in [2.75, 3.05) is 0 Å². The molecule has 13 heteroatoms. The highest BCUT2D eigenvalue weighted by atomic mass is 35.5. The maximum atomic E-state index is 16.6. The monoisotopic (exact) mass is 616 g/mol. The number of carbonyl (C=O) groups excluding carboxylic acids is 1. The van der Waals surface area contributed by atoms with Gasteiger partial charge in [0.15, 0.2) is 18.2 Å². The summed E-state index contributed by atoms with van der Waals surface area (Å²) in [5, 5.41) is 9.79. The molecule has 3 aliphatic rings. The molecule has 0 fully saturated rings. The van der Waals surface area contributed by atoms with Gasteiger partial charge in [-0.1, -0.05) is 11.6 Å². The number of aromatic nitrogens is 4. The standard InChI is InChI=1S/C30H32ClF3N6O3/c1-15(41)37-30(2,3)27-20(33)14-39(38-27)28-24(34)26-17(12-36-28)6-4-5-7-19-11-22(23(31)29(42)40(19)26)43-21-9-8-16-10-18(32)13-35-25(16)21/h10-14,21,24,26,28,36H,4-9H2,1-3H3,(H,37,41)/t21?,24-,26?,28-/m0/s1. The lowest BCUT2D eigenvalue weighted by atomic mass is 9.90. The first kappa shape index (κ1) is 29.3. The summed E-state index contributed by atoms with van der Waals surface area (Å²) in [6, 6.07) is 2.09. The van der Waals surface area contributed by atoms with Gasteiger partial charge in [-0.2, -0.15) is 5.10 Å². The number of nitrogens with one attached hydrogen (secondary N) is 2. The van der Waals surface area contributed by atoms with Crippen LogP contribution in [0.1, 0.15) is 87.4 Å². The number of hydrogen-bond acceptors (Lipinski definition) is 6. The largest absolute Gasteiger partial charge is 0.482 e. The van der Waals surface area contributed by atoms with Crippen molar-refractivity contribution >= 4 is 17.5 Å². The minimum atomic E-state index is -1.73. The van der Waals surface area contributed by atoms with E-state index in [4.69, 9.17) is 16.3 Å². The van der Waals surface area contributed by atoms with Gasteiger partial charge in [-0.25, -0.2) is 17.9 Å². The lowest BCUT2D eigenvalue weighted by Crippen LogP contribution is -2.46. The summed E-state index contributed by atoms with van der Waals surface area (Å²) in [6.07, 6.45) is 4.23. The molecule has 0 radical (unpaired) electrons. The number of allylic oxidation sites excluding steroid dienone is 1. The number of aryl methyl sites for hydroxylation is 2. The molecule has 3 aromatic rings. The van der Waals surface area contributed by atoms with E-state index in [1.54, 1.807) is 26.1 Å². The number of pyridine rings is 2. The van der Waals surface area contributed by atoms with Crippen molar-refractivity contribution in [1.82, 2.24) is 30.0 Å². The summed E-state index contributed by atoms with van der Waals surface area (Å²) in [5.41, 5.74) is 0.814. The van der Waals surface area contributed by atoms with E-state index in [9.17, 15) is 14.0 Å². The third kappa shape index (κ3) is 5.30. The van der Waals surface area contributed by atoms with Gasteiger partial charge in [0.05, 0.1) is 29.7 Å². The zero-order valence-electron chi connectivity index (χ0n) is 24.0. The first-order valence-electron chi connectivity index (χ1n) is 14.3. The highest BCUT2D eigenvalue weighted by Gasteiger charge is 2.42. The first-order chi connectivity index (χ1) is 20.4. The number of hydrogen-bond donors (Lipinski definition) is 2. The number of ether oxygens (including phenoxy) is 1. The molecule has 4 atom stereocenters. The SMILES string of the molecule is CC(=O)NC(C)(C)c1nn([C@@H]2NC=C3CCCCc4cc(OC5CCc6cc(F)cnc65)c(Cl)c(=O)n4C3[C@@H]2F)cc1F. The maximum Gasteiger partial charge on any atom is 0.274 e. The van der Waals surface area contributed by atoms with Gasteiger partial charge in [0.25, 0.3) is 5.56 Å². The predicted octanol–water partition coefficient (Wildman–Crippen LogP) is 5.10. The van der Waals surface area contributed by atoms with E-state index in [-0.39, 0.29) is 22.4 Å². The predicted molar refractivity (Wildman–Crippen MR) is 152 cm³/mol. The number of rotatable bonds is 5. The topological polar surface area (TPSA) is 103 Å². The van der Waals surface area contributed by atoms with E-state index in [1.807, 2.05) is 0 Å². The van der Waals surface area contributed by atoms with E-state index in [2.05, 4.69) is 20.7 Å². The average Bonchev–Trinajstić information content (AvgIpc) is 3.51. The Balaban J connectivity index is 1.35. The Labute approximate surface area is 251 Å². The normalized spacial score (nSPS) is 23.2. The summed E-state index contributed by atoms with van der Waals surface area (Å²) in [5.74, 6) is -1.31. The van der Waals surface area contributed by atoms with Crippen molar-refractivity contribution in [3.8, 4) is 5.75 Å². The molecule has 43 heavy (non-hydrogen) atoms. The van der Waals surface area contributed by atoms with Crippen molar-refractivity contribution in [3.05, 3.63) is 86.0 Å². The molecule has 5 heterocycles. The second kappa shape index (κ2) is 11.0. The summed E-state index contributed by atoms with van der Waals surface area (Å²) in [4.78, 5) is 29.7. The summed E-state index contributed by atoms with van der Waals surface area (Å²) >= 11 is 6.61. The molecule has 0 bridgehead atoms. The number of nitrogens with zero attached hydrogens (tertiary/aromatic N) is 4.